The number of phenolic OH excluding ortho intramolecular Hbond substituents is 1. The molecule has 0 saturated carbocycles. The number of halogens is 1. The minimum Gasteiger partial charge on any atom is -0.508 e. The highest BCUT2D eigenvalue weighted by Crippen LogP contribution is 2.32. The Morgan fingerprint density at radius 3 is 2.95 bits per heavy atom. The quantitative estimate of drug-likeness (QED) is 0.647. The van der Waals surface area contributed by atoms with E-state index in [1.807, 2.05) is 24.3 Å². The van der Waals surface area contributed by atoms with Gasteiger partial charge in [-0.1, -0.05) is 22.9 Å². The molecule has 4 nitrogen and oxygen atoms in total. The molecule has 0 aliphatic heterocycles. The van der Waals surface area contributed by atoms with Gasteiger partial charge in [0.1, 0.15) is 5.75 Å². The third-order valence-corrected chi connectivity index (χ3v) is 4.05. The second kappa shape index (κ2) is 5.77. The Kier molecular flexibility index (Phi) is 3.84. The van der Waals surface area contributed by atoms with E-state index in [0.29, 0.717) is 5.75 Å². The molecule has 3 rings (SSSR count). The minimum atomic E-state index is 0.0480. The molecule has 2 aromatic carbocycles. The third-order valence-electron chi connectivity index (χ3n) is 3.55. The van der Waals surface area contributed by atoms with E-state index in [1.165, 1.54) is 0 Å². The highest BCUT2D eigenvalue weighted by Gasteiger charge is 2.14. The van der Waals surface area contributed by atoms with Crippen molar-refractivity contribution in [2.24, 2.45) is 0 Å². The molecular formula is C16H16BrN3O. The predicted molar refractivity (Wildman–Crippen MR) is 88.6 cm³/mol. The molecule has 108 valence electrons. The molecule has 0 aliphatic carbocycles. The molecule has 0 aliphatic rings. The normalized spacial score (nSPS) is 12.5. The lowest BCUT2D eigenvalue weighted by atomic mass is 10.0. The van der Waals surface area contributed by atoms with Crippen molar-refractivity contribution in [3.8, 4) is 5.75 Å². The van der Waals surface area contributed by atoms with Gasteiger partial charge in [-0.05, 0) is 42.8 Å². The third kappa shape index (κ3) is 2.88. The van der Waals surface area contributed by atoms with E-state index < -0.39 is 0 Å². The van der Waals surface area contributed by atoms with Crippen LogP contribution < -0.4 is 5.32 Å². The monoisotopic (exact) mass is 345 g/mol. The number of phenols is 1. The molecule has 1 atom stereocenters. The highest BCUT2D eigenvalue weighted by atomic mass is 79.9. The second-order valence-electron chi connectivity index (χ2n) is 4.98. The molecule has 1 unspecified atom stereocenters. The van der Waals surface area contributed by atoms with Crippen LogP contribution in [-0.4, -0.2) is 15.3 Å². The highest BCUT2D eigenvalue weighted by molar-refractivity contribution is 9.10. The summed E-state index contributed by atoms with van der Waals surface area (Å²) in [6, 6.07) is 11.6. The maximum absolute atomic E-state index is 10.1. The molecule has 3 aromatic rings. The van der Waals surface area contributed by atoms with Crippen LogP contribution in [0.5, 0.6) is 5.75 Å². The Hall–Kier alpha value is -2.01. The second-order valence-corrected chi connectivity index (χ2v) is 5.90. The number of anilines is 1. The topological polar surface area (TPSA) is 60.9 Å². The molecule has 0 amide bonds. The summed E-state index contributed by atoms with van der Waals surface area (Å²) < 4.78 is 0.959. The predicted octanol–water partition coefficient (Wildman–Crippen LogP) is 4.59. The number of hydrogen-bond donors (Lipinski definition) is 3. The Balaban J connectivity index is 1.91. The number of fused-ring (bicyclic) bond motifs is 1. The lowest BCUT2D eigenvalue weighted by Gasteiger charge is -2.20. The lowest BCUT2D eigenvalue weighted by Crippen LogP contribution is -2.09. The Labute approximate surface area is 131 Å². The summed E-state index contributed by atoms with van der Waals surface area (Å²) in [7, 11) is 0. The summed E-state index contributed by atoms with van der Waals surface area (Å²) in [5, 5.41) is 21.6. The van der Waals surface area contributed by atoms with E-state index in [4.69, 9.17) is 0 Å². The molecule has 21 heavy (non-hydrogen) atoms. The van der Waals surface area contributed by atoms with Crippen molar-refractivity contribution < 1.29 is 5.11 Å². The van der Waals surface area contributed by atoms with Gasteiger partial charge < -0.3 is 10.4 Å². The van der Waals surface area contributed by atoms with Crippen molar-refractivity contribution in [1.82, 2.24) is 10.2 Å². The van der Waals surface area contributed by atoms with Crippen molar-refractivity contribution in [1.29, 1.82) is 0 Å². The van der Waals surface area contributed by atoms with E-state index in [0.717, 1.165) is 33.0 Å². The number of rotatable bonds is 4. The first kappa shape index (κ1) is 13.9. The van der Waals surface area contributed by atoms with Crippen LogP contribution in [0.25, 0.3) is 10.9 Å². The van der Waals surface area contributed by atoms with Gasteiger partial charge in [-0.3, -0.25) is 5.10 Å². The molecule has 5 heteroatoms. The van der Waals surface area contributed by atoms with Gasteiger partial charge in [0.2, 0.25) is 0 Å². The molecule has 0 saturated heterocycles. The van der Waals surface area contributed by atoms with Gasteiger partial charge in [-0.15, -0.1) is 0 Å². The van der Waals surface area contributed by atoms with Gasteiger partial charge in [0.25, 0.3) is 0 Å². The van der Waals surface area contributed by atoms with Gasteiger partial charge >= 0.3 is 0 Å². The molecular weight excluding hydrogens is 330 g/mol. The van der Waals surface area contributed by atoms with Gasteiger partial charge in [-0.25, -0.2) is 0 Å². The summed E-state index contributed by atoms with van der Waals surface area (Å²) in [6.07, 6.45) is 2.67. The number of nitrogens with zero attached hydrogens (tertiary/aromatic N) is 1. The maximum atomic E-state index is 10.1. The molecule has 0 bridgehead atoms. The van der Waals surface area contributed by atoms with Gasteiger partial charge in [0, 0.05) is 21.1 Å². The zero-order chi connectivity index (χ0) is 14.8. The first-order chi connectivity index (χ1) is 10.2. The van der Waals surface area contributed by atoms with Crippen molar-refractivity contribution in [3.63, 3.8) is 0 Å². The SMILES string of the molecule is CCC(Nc1ccc2[nH]ncc2c1)c1cc(Br)ccc1O. The van der Waals surface area contributed by atoms with E-state index in [1.54, 1.807) is 12.3 Å². The van der Waals surface area contributed by atoms with Crippen molar-refractivity contribution in [2.75, 3.05) is 5.32 Å². The summed E-state index contributed by atoms with van der Waals surface area (Å²) >= 11 is 3.46. The van der Waals surface area contributed by atoms with Gasteiger partial charge in [-0.2, -0.15) is 5.10 Å². The van der Waals surface area contributed by atoms with Crippen LogP contribution in [0.15, 0.2) is 47.1 Å². The van der Waals surface area contributed by atoms with Crippen molar-refractivity contribution in [2.45, 2.75) is 19.4 Å². The molecule has 0 spiro atoms. The van der Waals surface area contributed by atoms with Crippen molar-refractivity contribution in [3.05, 3.63) is 52.6 Å². The van der Waals surface area contributed by atoms with Crippen LogP contribution in [0.4, 0.5) is 5.69 Å². The van der Waals surface area contributed by atoms with E-state index in [-0.39, 0.29) is 6.04 Å². The van der Waals surface area contributed by atoms with Crippen LogP contribution >= 0.6 is 15.9 Å². The molecule has 1 aromatic heterocycles. The fourth-order valence-corrected chi connectivity index (χ4v) is 2.82. The van der Waals surface area contributed by atoms with Crippen LogP contribution in [0, 0.1) is 0 Å². The van der Waals surface area contributed by atoms with Crippen molar-refractivity contribution >= 4 is 32.5 Å². The number of aromatic amines is 1. The summed E-state index contributed by atoms with van der Waals surface area (Å²) in [6.45, 7) is 2.09. The van der Waals surface area contributed by atoms with E-state index >= 15 is 0 Å². The average Bonchev–Trinajstić information content (AvgIpc) is 2.95. The minimum absolute atomic E-state index is 0.0480. The fraction of sp³-hybridized carbons (Fsp3) is 0.188. The zero-order valence-corrected chi connectivity index (χ0v) is 13.2. The first-order valence-electron chi connectivity index (χ1n) is 6.85. The maximum Gasteiger partial charge on any atom is 0.120 e. The van der Waals surface area contributed by atoms with Gasteiger partial charge in [0.05, 0.1) is 17.8 Å². The number of H-pyrrole nitrogens is 1. The van der Waals surface area contributed by atoms with Crippen LogP contribution in [-0.2, 0) is 0 Å². The standard InChI is InChI=1S/C16H16BrN3O/c1-2-14(13-8-11(17)3-6-16(13)21)19-12-4-5-15-10(7-12)9-18-20-15/h3-9,14,19,21H,2H2,1H3,(H,18,20). The average molecular weight is 346 g/mol. The van der Waals surface area contributed by atoms with E-state index in [9.17, 15) is 5.11 Å². The largest absolute Gasteiger partial charge is 0.508 e. The number of hydrogen-bond acceptors (Lipinski definition) is 3. The Bertz CT molecular complexity index is 769. The number of nitrogens with one attached hydrogen (secondary N) is 2. The number of benzene rings is 2. The number of aromatic hydroxyl groups is 1. The molecule has 3 N–H and O–H groups in total. The van der Waals surface area contributed by atoms with E-state index in [2.05, 4.69) is 44.4 Å². The summed E-state index contributed by atoms with van der Waals surface area (Å²) in [5.74, 6) is 0.307. The van der Waals surface area contributed by atoms with Gasteiger partial charge in [0.15, 0.2) is 0 Å². The Morgan fingerprint density at radius 2 is 2.14 bits per heavy atom. The lowest BCUT2D eigenvalue weighted by molar-refractivity contribution is 0.462. The smallest absolute Gasteiger partial charge is 0.120 e. The number of aromatic nitrogens is 2. The van der Waals surface area contributed by atoms with Crippen LogP contribution in [0.2, 0.25) is 0 Å². The van der Waals surface area contributed by atoms with Crippen LogP contribution in [0.1, 0.15) is 24.9 Å². The molecule has 1 heterocycles. The summed E-state index contributed by atoms with van der Waals surface area (Å²) in [4.78, 5) is 0. The first-order valence-corrected chi connectivity index (χ1v) is 7.64. The zero-order valence-electron chi connectivity index (χ0n) is 11.6. The molecule has 0 fully saturated rings. The summed E-state index contributed by atoms with van der Waals surface area (Å²) in [5.41, 5.74) is 2.91. The Morgan fingerprint density at radius 1 is 1.29 bits per heavy atom. The molecule has 0 radical (unpaired) electrons. The fourth-order valence-electron chi connectivity index (χ4n) is 2.44. The van der Waals surface area contributed by atoms with Crippen LogP contribution in [0.3, 0.4) is 0 Å².